The van der Waals surface area contributed by atoms with Crippen molar-refractivity contribution in [3.05, 3.63) is 47.7 Å². The highest BCUT2D eigenvalue weighted by molar-refractivity contribution is 5.69. The highest BCUT2D eigenvalue weighted by Gasteiger charge is 2.06. The maximum Gasteiger partial charge on any atom is 0.160 e. The number of nitrogens with two attached hydrogens (primary N) is 1. The number of hydrogen-bond acceptors (Lipinski definition) is 4. The van der Waals surface area contributed by atoms with Crippen molar-refractivity contribution in [3.8, 4) is 6.07 Å². The summed E-state index contributed by atoms with van der Waals surface area (Å²) in [5, 5.41) is 11.4. The molecule has 0 atom stereocenters. The molecule has 3 N–H and O–H groups in total. The third kappa shape index (κ3) is 2.35. The molecular weight excluding hydrogens is 238 g/mol. The second kappa shape index (κ2) is 4.67. The second-order valence-corrected chi connectivity index (χ2v) is 3.53. The molecule has 0 spiro atoms. The average Bonchev–Trinajstić information content (AvgIpc) is 2.36. The van der Waals surface area contributed by atoms with Crippen molar-refractivity contribution in [2.24, 2.45) is 0 Å². The van der Waals surface area contributed by atoms with E-state index in [9.17, 15) is 8.78 Å². The zero-order valence-corrected chi connectivity index (χ0v) is 9.11. The normalized spacial score (nSPS) is 9.83. The average molecular weight is 246 g/mol. The molecule has 0 saturated heterocycles. The quantitative estimate of drug-likeness (QED) is 0.853. The van der Waals surface area contributed by atoms with Crippen molar-refractivity contribution in [2.75, 3.05) is 11.1 Å². The number of benzene rings is 1. The van der Waals surface area contributed by atoms with Crippen LogP contribution in [-0.4, -0.2) is 4.98 Å². The molecule has 2 rings (SSSR count). The van der Waals surface area contributed by atoms with E-state index in [1.807, 2.05) is 6.07 Å². The van der Waals surface area contributed by atoms with Gasteiger partial charge in [0.2, 0.25) is 0 Å². The molecule has 2 aromatic rings. The molecule has 0 aliphatic rings. The lowest BCUT2D eigenvalue weighted by Gasteiger charge is -2.08. The third-order valence-electron chi connectivity index (χ3n) is 2.23. The standard InChI is InChI=1S/C12H8F2N4/c13-9-2-1-8(4-10(9)14)18-12-11(16)3-7(5-15)6-17-12/h1-4,6H,16H2,(H,17,18). The molecule has 4 nitrogen and oxygen atoms in total. The Morgan fingerprint density at radius 1 is 1.22 bits per heavy atom. The van der Waals surface area contributed by atoms with Crippen LogP contribution < -0.4 is 11.1 Å². The second-order valence-electron chi connectivity index (χ2n) is 3.53. The number of nitrogens with one attached hydrogen (secondary N) is 1. The number of halogens is 2. The van der Waals surface area contributed by atoms with Crippen LogP contribution in [0, 0.1) is 23.0 Å². The van der Waals surface area contributed by atoms with Gasteiger partial charge in [-0.2, -0.15) is 5.26 Å². The number of nitriles is 1. The number of aromatic nitrogens is 1. The van der Waals surface area contributed by atoms with Gasteiger partial charge in [0.25, 0.3) is 0 Å². The van der Waals surface area contributed by atoms with Crippen LogP contribution >= 0.6 is 0 Å². The van der Waals surface area contributed by atoms with E-state index in [1.165, 1.54) is 18.3 Å². The zero-order valence-electron chi connectivity index (χ0n) is 9.11. The summed E-state index contributed by atoms with van der Waals surface area (Å²) in [7, 11) is 0. The van der Waals surface area contributed by atoms with Crippen molar-refractivity contribution in [3.63, 3.8) is 0 Å². The van der Waals surface area contributed by atoms with Crippen LogP contribution in [0.25, 0.3) is 0 Å². The van der Waals surface area contributed by atoms with Gasteiger partial charge in [0.15, 0.2) is 17.5 Å². The molecule has 6 heteroatoms. The Labute approximate surface area is 102 Å². The van der Waals surface area contributed by atoms with Crippen molar-refractivity contribution < 1.29 is 8.78 Å². The maximum atomic E-state index is 13.0. The molecule has 0 bridgehead atoms. The van der Waals surface area contributed by atoms with Crippen molar-refractivity contribution in [1.82, 2.24) is 4.98 Å². The van der Waals surface area contributed by atoms with Crippen LogP contribution in [-0.2, 0) is 0 Å². The van der Waals surface area contributed by atoms with Crippen LogP contribution in [0.15, 0.2) is 30.5 Å². The van der Waals surface area contributed by atoms with Crippen LogP contribution in [0.4, 0.5) is 26.0 Å². The molecule has 90 valence electrons. The van der Waals surface area contributed by atoms with Gasteiger partial charge in [-0.3, -0.25) is 0 Å². The van der Waals surface area contributed by atoms with Gasteiger partial charge in [-0.1, -0.05) is 0 Å². The Kier molecular flexibility index (Phi) is 3.06. The smallest absolute Gasteiger partial charge is 0.160 e. The molecule has 0 unspecified atom stereocenters. The minimum absolute atomic E-state index is 0.249. The molecule has 0 radical (unpaired) electrons. The van der Waals surface area contributed by atoms with Gasteiger partial charge in [-0.05, 0) is 18.2 Å². The molecule has 1 aromatic heterocycles. The Hall–Kier alpha value is -2.68. The van der Waals surface area contributed by atoms with Gasteiger partial charge in [0.1, 0.15) is 6.07 Å². The van der Waals surface area contributed by atoms with E-state index < -0.39 is 11.6 Å². The molecule has 0 aliphatic heterocycles. The van der Waals surface area contributed by atoms with Gasteiger partial charge >= 0.3 is 0 Å². The van der Waals surface area contributed by atoms with Crippen LogP contribution in [0.3, 0.4) is 0 Å². The molecule has 0 saturated carbocycles. The summed E-state index contributed by atoms with van der Waals surface area (Å²) in [4.78, 5) is 3.92. The first-order valence-corrected chi connectivity index (χ1v) is 4.98. The first kappa shape index (κ1) is 11.8. The molecule has 1 aromatic carbocycles. The lowest BCUT2D eigenvalue weighted by Crippen LogP contribution is -2.00. The van der Waals surface area contributed by atoms with E-state index in [2.05, 4.69) is 10.3 Å². The number of rotatable bonds is 2. The highest BCUT2D eigenvalue weighted by atomic mass is 19.2. The summed E-state index contributed by atoms with van der Waals surface area (Å²) in [6.45, 7) is 0. The third-order valence-corrected chi connectivity index (χ3v) is 2.23. The van der Waals surface area contributed by atoms with Gasteiger partial charge in [-0.25, -0.2) is 13.8 Å². The fourth-order valence-corrected chi connectivity index (χ4v) is 1.36. The summed E-state index contributed by atoms with van der Waals surface area (Å²) >= 11 is 0. The van der Waals surface area contributed by atoms with E-state index in [0.717, 1.165) is 12.1 Å². The van der Waals surface area contributed by atoms with E-state index in [-0.39, 0.29) is 11.5 Å². The SMILES string of the molecule is N#Cc1cnc(Nc2ccc(F)c(F)c2)c(N)c1. The zero-order chi connectivity index (χ0) is 13.1. The largest absolute Gasteiger partial charge is 0.396 e. The van der Waals surface area contributed by atoms with Crippen LogP contribution in [0.5, 0.6) is 0 Å². The van der Waals surface area contributed by atoms with Gasteiger partial charge in [-0.15, -0.1) is 0 Å². The fourth-order valence-electron chi connectivity index (χ4n) is 1.36. The van der Waals surface area contributed by atoms with Gasteiger partial charge < -0.3 is 11.1 Å². The van der Waals surface area contributed by atoms with Crippen molar-refractivity contribution in [1.29, 1.82) is 5.26 Å². The van der Waals surface area contributed by atoms with Crippen LogP contribution in [0.1, 0.15) is 5.56 Å². The van der Waals surface area contributed by atoms with E-state index >= 15 is 0 Å². The summed E-state index contributed by atoms with van der Waals surface area (Å²) in [5.41, 5.74) is 6.56. The molecule has 0 amide bonds. The van der Waals surface area contributed by atoms with Crippen LogP contribution in [0.2, 0.25) is 0 Å². The number of nitrogens with zero attached hydrogens (tertiary/aromatic N) is 2. The number of nitrogen functional groups attached to an aromatic ring is 1. The van der Waals surface area contributed by atoms with E-state index in [1.54, 1.807) is 0 Å². The number of hydrogen-bond donors (Lipinski definition) is 2. The molecular formula is C12H8F2N4. The summed E-state index contributed by atoms with van der Waals surface area (Å²) in [6, 6.07) is 6.69. The predicted octanol–water partition coefficient (Wildman–Crippen LogP) is 2.56. The first-order chi connectivity index (χ1) is 8.60. The minimum atomic E-state index is -0.966. The van der Waals surface area contributed by atoms with E-state index in [0.29, 0.717) is 11.3 Å². The molecule has 1 heterocycles. The molecule has 0 fully saturated rings. The Bertz CT molecular complexity index is 634. The Morgan fingerprint density at radius 2 is 2.00 bits per heavy atom. The Morgan fingerprint density at radius 3 is 2.61 bits per heavy atom. The summed E-state index contributed by atoms with van der Waals surface area (Å²) < 4.78 is 25.7. The maximum absolute atomic E-state index is 13.0. The molecule has 18 heavy (non-hydrogen) atoms. The van der Waals surface area contributed by atoms with Crippen molar-refractivity contribution in [2.45, 2.75) is 0 Å². The summed E-state index contributed by atoms with van der Waals surface area (Å²) in [6.07, 6.45) is 1.33. The highest BCUT2D eigenvalue weighted by Crippen LogP contribution is 2.22. The Balaban J connectivity index is 2.29. The number of pyridine rings is 1. The fraction of sp³-hybridized carbons (Fsp3) is 0. The number of anilines is 3. The minimum Gasteiger partial charge on any atom is -0.396 e. The van der Waals surface area contributed by atoms with Gasteiger partial charge in [0, 0.05) is 18.0 Å². The lowest BCUT2D eigenvalue weighted by atomic mass is 10.2. The topological polar surface area (TPSA) is 74.7 Å². The monoisotopic (exact) mass is 246 g/mol. The van der Waals surface area contributed by atoms with Gasteiger partial charge in [0.05, 0.1) is 11.3 Å². The molecule has 0 aliphatic carbocycles. The van der Waals surface area contributed by atoms with E-state index in [4.69, 9.17) is 11.0 Å². The summed E-state index contributed by atoms with van der Waals surface area (Å²) in [5.74, 6) is -1.62. The first-order valence-electron chi connectivity index (χ1n) is 4.98. The predicted molar refractivity (Wildman–Crippen MR) is 63.0 cm³/mol. The van der Waals surface area contributed by atoms with Crippen molar-refractivity contribution >= 4 is 17.2 Å². The lowest BCUT2D eigenvalue weighted by molar-refractivity contribution is 0.509.